The first kappa shape index (κ1) is 15.3. The van der Waals surface area contributed by atoms with Crippen LogP contribution in [0.3, 0.4) is 0 Å². The molecule has 2 amide bonds. The van der Waals surface area contributed by atoms with Gasteiger partial charge in [0.2, 0.25) is 11.8 Å². The summed E-state index contributed by atoms with van der Waals surface area (Å²) in [6.45, 7) is 2.88. The van der Waals surface area contributed by atoms with Crippen molar-refractivity contribution in [1.82, 2.24) is 24.5 Å². The molecule has 0 aromatic carbocycles. The van der Waals surface area contributed by atoms with Gasteiger partial charge in [0.25, 0.3) is 0 Å². The molecule has 0 atom stereocenters. The molecule has 1 aromatic rings. The van der Waals surface area contributed by atoms with Crippen molar-refractivity contribution in [3.8, 4) is 0 Å². The van der Waals surface area contributed by atoms with Crippen molar-refractivity contribution in [2.75, 3.05) is 52.6 Å². The van der Waals surface area contributed by atoms with Gasteiger partial charge >= 0.3 is 0 Å². The Kier molecular flexibility index (Phi) is 4.79. The van der Waals surface area contributed by atoms with E-state index < -0.39 is 0 Å². The molecule has 2 rings (SSSR count). The van der Waals surface area contributed by atoms with Crippen molar-refractivity contribution in [1.29, 1.82) is 0 Å². The van der Waals surface area contributed by atoms with Crippen LogP contribution >= 0.6 is 0 Å². The number of anilines is 1. The Morgan fingerprint density at radius 3 is 2.24 bits per heavy atom. The first-order valence-corrected chi connectivity index (χ1v) is 6.95. The molecule has 116 valence electrons. The van der Waals surface area contributed by atoms with Gasteiger partial charge in [0.05, 0.1) is 6.54 Å². The van der Waals surface area contributed by atoms with Crippen LogP contribution < -0.4 is 5.73 Å². The van der Waals surface area contributed by atoms with Gasteiger partial charge in [0.15, 0.2) is 0 Å². The molecule has 1 aromatic heterocycles. The Bertz CT molecular complexity index is 505. The van der Waals surface area contributed by atoms with E-state index in [4.69, 9.17) is 5.73 Å². The van der Waals surface area contributed by atoms with E-state index in [1.807, 2.05) is 19.0 Å². The van der Waals surface area contributed by atoms with Gasteiger partial charge in [-0.25, -0.2) is 0 Å². The number of nitrogens with two attached hydrogens (primary N) is 1. The van der Waals surface area contributed by atoms with Gasteiger partial charge in [-0.1, -0.05) is 0 Å². The van der Waals surface area contributed by atoms with Crippen LogP contribution in [-0.2, 0) is 16.1 Å². The maximum atomic E-state index is 12.1. The molecule has 8 heteroatoms. The summed E-state index contributed by atoms with van der Waals surface area (Å²) in [7, 11) is 3.74. The molecule has 21 heavy (non-hydrogen) atoms. The monoisotopic (exact) mass is 294 g/mol. The molecule has 8 nitrogen and oxygen atoms in total. The summed E-state index contributed by atoms with van der Waals surface area (Å²) < 4.78 is 1.53. The van der Waals surface area contributed by atoms with E-state index in [9.17, 15) is 9.59 Å². The van der Waals surface area contributed by atoms with Crippen molar-refractivity contribution in [3.05, 3.63) is 12.3 Å². The third-order valence-electron chi connectivity index (χ3n) is 3.40. The highest BCUT2D eigenvalue weighted by atomic mass is 16.2. The lowest BCUT2D eigenvalue weighted by atomic mass is 10.3. The quantitative estimate of drug-likeness (QED) is 0.745. The molecular formula is C13H22N6O2. The zero-order chi connectivity index (χ0) is 15.4. The van der Waals surface area contributed by atoms with Crippen LogP contribution in [0.5, 0.6) is 0 Å². The lowest BCUT2D eigenvalue weighted by Gasteiger charge is -2.35. The van der Waals surface area contributed by atoms with E-state index in [0.717, 1.165) is 0 Å². The average molecular weight is 294 g/mol. The van der Waals surface area contributed by atoms with Crippen LogP contribution in [0.4, 0.5) is 5.82 Å². The number of hydrogen-bond donors (Lipinski definition) is 1. The predicted molar refractivity (Wildman–Crippen MR) is 78.4 cm³/mol. The van der Waals surface area contributed by atoms with E-state index >= 15 is 0 Å². The predicted octanol–water partition coefficient (Wildman–Crippen LogP) is -1.30. The number of nitrogen functional groups attached to an aromatic ring is 1. The highest BCUT2D eigenvalue weighted by Crippen LogP contribution is 2.05. The fourth-order valence-corrected chi connectivity index (χ4v) is 2.28. The molecule has 2 N–H and O–H groups in total. The van der Waals surface area contributed by atoms with Crippen LogP contribution in [0.2, 0.25) is 0 Å². The first-order valence-electron chi connectivity index (χ1n) is 6.95. The molecule has 1 aliphatic heterocycles. The number of piperazine rings is 1. The average Bonchev–Trinajstić information content (AvgIpc) is 2.83. The summed E-state index contributed by atoms with van der Waals surface area (Å²) in [5, 5.41) is 4.00. The highest BCUT2D eigenvalue weighted by Gasteiger charge is 2.24. The lowest BCUT2D eigenvalue weighted by Crippen LogP contribution is -2.52. The van der Waals surface area contributed by atoms with Crippen molar-refractivity contribution in [2.45, 2.75) is 6.54 Å². The third-order valence-corrected chi connectivity index (χ3v) is 3.40. The van der Waals surface area contributed by atoms with Gasteiger partial charge in [0.1, 0.15) is 12.4 Å². The summed E-state index contributed by atoms with van der Waals surface area (Å²) in [6, 6.07) is 1.66. The van der Waals surface area contributed by atoms with E-state index in [1.165, 1.54) is 4.68 Å². The van der Waals surface area contributed by atoms with Gasteiger partial charge in [-0.15, -0.1) is 0 Å². The smallest absolute Gasteiger partial charge is 0.244 e. The maximum Gasteiger partial charge on any atom is 0.244 e. The number of carbonyl (C=O) groups is 2. The van der Waals surface area contributed by atoms with Crippen molar-refractivity contribution < 1.29 is 9.59 Å². The van der Waals surface area contributed by atoms with Crippen LogP contribution in [0.25, 0.3) is 0 Å². The standard InChI is InChI=1S/C13H22N6O2/c1-16(2)9-12(20)17-5-7-18(8-6-17)13(21)10-19-4-3-11(14)15-19/h3-4H,5-10H2,1-2H3,(H2,14,15). The molecule has 1 saturated heterocycles. The number of nitrogens with zero attached hydrogens (tertiary/aromatic N) is 5. The summed E-state index contributed by atoms with van der Waals surface area (Å²) in [6.07, 6.45) is 1.68. The van der Waals surface area contributed by atoms with Crippen LogP contribution in [0, 0.1) is 0 Å². The first-order chi connectivity index (χ1) is 9.95. The van der Waals surface area contributed by atoms with Gasteiger partial charge in [-0.05, 0) is 20.2 Å². The molecule has 0 spiro atoms. The minimum atomic E-state index is -0.00203. The fourth-order valence-electron chi connectivity index (χ4n) is 2.28. The van der Waals surface area contributed by atoms with Gasteiger partial charge in [-0.2, -0.15) is 5.10 Å². The van der Waals surface area contributed by atoms with E-state index in [2.05, 4.69) is 5.10 Å². The van der Waals surface area contributed by atoms with E-state index in [1.54, 1.807) is 22.1 Å². The SMILES string of the molecule is CN(C)CC(=O)N1CCN(C(=O)Cn2ccc(N)n2)CC1. The molecular weight excluding hydrogens is 272 g/mol. The number of rotatable bonds is 4. The molecule has 2 heterocycles. The topological polar surface area (TPSA) is 87.7 Å². The number of aromatic nitrogens is 2. The van der Waals surface area contributed by atoms with Crippen LogP contribution in [0.1, 0.15) is 0 Å². The number of amides is 2. The highest BCUT2D eigenvalue weighted by molar-refractivity contribution is 5.79. The Morgan fingerprint density at radius 2 is 1.76 bits per heavy atom. The largest absolute Gasteiger partial charge is 0.382 e. The van der Waals surface area contributed by atoms with Gasteiger partial charge < -0.3 is 20.4 Å². The fraction of sp³-hybridized carbons (Fsp3) is 0.615. The zero-order valence-corrected chi connectivity index (χ0v) is 12.5. The number of hydrogen-bond acceptors (Lipinski definition) is 5. The van der Waals surface area contributed by atoms with Crippen LogP contribution in [-0.4, -0.2) is 83.1 Å². The summed E-state index contributed by atoms with van der Waals surface area (Å²) in [4.78, 5) is 29.5. The summed E-state index contributed by atoms with van der Waals surface area (Å²) >= 11 is 0. The zero-order valence-electron chi connectivity index (χ0n) is 12.5. The Labute approximate surface area is 124 Å². The minimum Gasteiger partial charge on any atom is -0.382 e. The summed E-state index contributed by atoms with van der Waals surface area (Å²) in [5.41, 5.74) is 5.52. The maximum absolute atomic E-state index is 12.1. The second-order valence-corrected chi connectivity index (χ2v) is 5.44. The normalized spacial score (nSPS) is 15.6. The molecule has 0 radical (unpaired) electrons. The summed E-state index contributed by atoms with van der Waals surface area (Å²) in [5.74, 6) is 0.506. The third kappa shape index (κ3) is 4.19. The van der Waals surface area contributed by atoms with Gasteiger partial charge in [-0.3, -0.25) is 14.3 Å². The van der Waals surface area contributed by atoms with E-state index in [-0.39, 0.29) is 18.4 Å². The molecule has 0 unspecified atom stereocenters. The van der Waals surface area contributed by atoms with Crippen molar-refractivity contribution >= 4 is 17.6 Å². The van der Waals surface area contributed by atoms with Gasteiger partial charge in [0, 0.05) is 32.4 Å². The second-order valence-electron chi connectivity index (χ2n) is 5.44. The molecule has 1 fully saturated rings. The Hall–Kier alpha value is -2.09. The number of carbonyl (C=O) groups excluding carboxylic acids is 2. The van der Waals surface area contributed by atoms with Crippen molar-refractivity contribution in [3.63, 3.8) is 0 Å². The molecule has 0 aliphatic carbocycles. The van der Waals surface area contributed by atoms with Crippen LogP contribution in [0.15, 0.2) is 12.3 Å². The Morgan fingerprint density at radius 1 is 1.19 bits per heavy atom. The lowest BCUT2D eigenvalue weighted by molar-refractivity contribution is -0.140. The molecule has 0 bridgehead atoms. The molecule has 0 saturated carbocycles. The number of likely N-dealkylation sites (N-methyl/N-ethyl adjacent to an activating group) is 1. The molecule has 1 aliphatic rings. The second kappa shape index (κ2) is 6.57. The minimum absolute atomic E-state index is 0.00203. The van der Waals surface area contributed by atoms with Crippen molar-refractivity contribution in [2.24, 2.45) is 0 Å². The van der Waals surface area contributed by atoms with E-state index in [0.29, 0.717) is 38.5 Å². The Balaban J connectivity index is 1.80.